The third-order valence-electron chi connectivity index (χ3n) is 16.1. The minimum atomic E-state index is 1.07. The van der Waals surface area contributed by atoms with Crippen LogP contribution in [0, 0.1) is 0 Å². The number of benzene rings is 13. The molecule has 0 unspecified atom stereocenters. The average Bonchev–Trinajstić information content (AvgIpc) is 4.35. The van der Waals surface area contributed by atoms with E-state index in [0.29, 0.717) is 0 Å². The first-order chi connectivity index (χ1) is 39.2. The fourth-order valence-electron chi connectivity index (χ4n) is 12.7. The van der Waals surface area contributed by atoms with Crippen molar-refractivity contribution in [3.63, 3.8) is 0 Å². The van der Waals surface area contributed by atoms with E-state index in [1.165, 1.54) is 76.5 Å². The second-order valence-corrected chi connectivity index (χ2v) is 20.5. The summed E-state index contributed by atoms with van der Waals surface area (Å²) in [7, 11) is 0. The third kappa shape index (κ3) is 7.10. The summed E-state index contributed by atoms with van der Waals surface area (Å²) in [5, 5.41) is 12.0. The molecule has 16 rings (SSSR count). The van der Waals surface area contributed by atoms with E-state index in [-0.39, 0.29) is 0 Å². The first-order valence-electron chi connectivity index (χ1n) is 27.1. The van der Waals surface area contributed by atoms with Gasteiger partial charge in [-0.1, -0.05) is 164 Å². The Labute approximate surface area is 456 Å². The van der Waals surface area contributed by atoms with Crippen LogP contribution in [0.25, 0.3) is 104 Å². The maximum Gasteiger partial charge on any atom is 0.0542 e. The van der Waals surface area contributed by atoms with Gasteiger partial charge in [0.05, 0.1) is 44.5 Å². The fourth-order valence-corrected chi connectivity index (χ4v) is 12.7. The highest BCUT2D eigenvalue weighted by molar-refractivity contribution is 6.15. The van der Waals surface area contributed by atoms with E-state index >= 15 is 0 Å². The number of anilines is 6. The maximum atomic E-state index is 2.44. The Morgan fingerprint density at radius 3 is 0.911 bits per heavy atom. The molecule has 3 aromatic heterocycles. The number of nitrogens with zero attached hydrogens (tertiary/aromatic N) is 5. The van der Waals surface area contributed by atoms with E-state index < -0.39 is 0 Å². The number of hydrogen-bond donors (Lipinski definition) is 0. The van der Waals surface area contributed by atoms with Crippen molar-refractivity contribution in [2.24, 2.45) is 0 Å². The lowest BCUT2D eigenvalue weighted by Gasteiger charge is -2.26. The van der Waals surface area contributed by atoms with Crippen molar-refractivity contribution in [3.8, 4) is 17.1 Å². The van der Waals surface area contributed by atoms with Crippen LogP contribution in [0.4, 0.5) is 34.1 Å². The Morgan fingerprint density at radius 2 is 0.494 bits per heavy atom. The Bertz CT molecular complexity index is 4720. The predicted octanol–water partition coefficient (Wildman–Crippen LogP) is 20.2. The fraction of sp³-hybridized carbons (Fsp3) is 0. The van der Waals surface area contributed by atoms with Gasteiger partial charge >= 0.3 is 0 Å². The summed E-state index contributed by atoms with van der Waals surface area (Å²) in [5.41, 5.74) is 16.9. The first kappa shape index (κ1) is 44.7. The highest BCUT2D eigenvalue weighted by Crippen LogP contribution is 2.46. The maximum absolute atomic E-state index is 2.44. The van der Waals surface area contributed by atoms with Gasteiger partial charge in [-0.15, -0.1) is 0 Å². The van der Waals surface area contributed by atoms with Gasteiger partial charge < -0.3 is 23.5 Å². The zero-order valence-electron chi connectivity index (χ0n) is 43.0. The second-order valence-electron chi connectivity index (χ2n) is 20.5. The van der Waals surface area contributed by atoms with Crippen molar-refractivity contribution in [2.75, 3.05) is 9.80 Å². The zero-order valence-corrected chi connectivity index (χ0v) is 43.0. The van der Waals surface area contributed by atoms with Gasteiger partial charge in [-0.05, 0) is 144 Å². The molecule has 0 atom stereocenters. The summed E-state index contributed by atoms with van der Waals surface area (Å²) in [6.45, 7) is 0. The van der Waals surface area contributed by atoms with Gasteiger partial charge in [0, 0.05) is 82.9 Å². The number of hydrogen-bond acceptors (Lipinski definition) is 2. The Balaban J connectivity index is 0.894. The van der Waals surface area contributed by atoms with Crippen molar-refractivity contribution in [1.82, 2.24) is 13.7 Å². The lowest BCUT2D eigenvalue weighted by atomic mass is 10.1. The van der Waals surface area contributed by atoms with Crippen LogP contribution < -0.4 is 9.80 Å². The molecule has 0 saturated carbocycles. The van der Waals surface area contributed by atoms with Crippen LogP contribution in [0.5, 0.6) is 0 Å². The van der Waals surface area contributed by atoms with E-state index in [0.717, 1.165) is 61.6 Å². The molecule has 370 valence electrons. The molecule has 5 nitrogen and oxygen atoms in total. The van der Waals surface area contributed by atoms with Gasteiger partial charge in [-0.25, -0.2) is 0 Å². The summed E-state index contributed by atoms with van der Waals surface area (Å²) < 4.78 is 7.29. The highest BCUT2D eigenvalue weighted by Gasteiger charge is 2.23. The van der Waals surface area contributed by atoms with Crippen LogP contribution in [-0.4, -0.2) is 13.7 Å². The van der Waals surface area contributed by atoms with E-state index in [2.05, 4.69) is 321 Å². The Hall–Kier alpha value is -10.6. The van der Waals surface area contributed by atoms with Crippen LogP contribution in [-0.2, 0) is 0 Å². The standard InChI is InChI=1S/C74H49N5/c1-4-24-52(25-5-1)75(55-40-44-73-63(46-55)61-32-14-16-34-69(61)78(73)67-36-18-22-50-20-10-12-30-59(50)67)57-38-42-71-65(48-57)66-49-58(39-43-72(66)77(71)54-28-8-3-9-29-54)76(53-26-6-2-7-27-53)56-41-45-74-64(47-56)62-33-15-17-35-70(62)79(74)68-37-19-23-51-21-11-13-31-60(51)68/h1-49H. The summed E-state index contributed by atoms with van der Waals surface area (Å²) in [5.74, 6) is 0. The molecule has 0 saturated heterocycles. The SMILES string of the molecule is c1ccc(N(c2ccc3c(c2)c2cc(N(c4ccccc4)c4ccc5c(c4)c4ccccc4n5-c4cccc5ccccc45)ccc2n3-c2ccccc2)c2ccc3c(c2)c2ccccc2n3-c2cccc3ccccc23)cc1. The second kappa shape index (κ2) is 18.0. The predicted molar refractivity (Wildman–Crippen MR) is 334 cm³/mol. The van der Waals surface area contributed by atoms with E-state index in [1.807, 2.05) is 0 Å². The molecule has 0 N–H and O–H groups in total. The average molecular weight is 1010 g/mol. The van der Waals surface area contributed by atoms with Crippen LogP contribution in [0.2, 0.25) is 0 Å². The molecule has 0 bridgehead atoms. The molecule has 3 heterocycles. The molecule has 16 aromatic rings. The molecule has 13 aromatic carbocycles. The van der Waals surface area contributed by atoms with Crippen LogP contribution in [0.15, 0.2) is 297 Å². The molecule has 0 aliphatic rings. The van der Waals surface area contributed by atoms with Gasteiger partial charge in [0.2, 0.25) is 0 Å². The number of fused-ring (bicyclic) bond motifs is 11. The van der Waals surface area contributed by atoms with Crippen molar-refractivity contribution in [1.29, 1.82) is 0 Å². The molecular formula is C74H49N5. The minimum Gasteiger partial charge on any atom is -0.310 e. The molecule has 0 spiro atoms. The summed E-state index contributed by atoms with van der Waals surface area (Å²) >= 11 is 0. The highest BCUT2D eigenvalue weighted by atomic mass is 15.2. The Kier molecular flexibility index (Phi) is 10.2. The van der Waals surface area contributed by atoms with E-state index in [4.69, 9.17) is 0 Å². The van der Waals surface area contributed by atoms with Crippen molar-refractivity contribution in [2.45, 2.75) is 0 Å². The van der Waals surface area contributed by atoms with Crippen molar-refractivity contribution in [3.05, 3.63) is 297 Å². The van der Waals surface area contributed by atoms with Crippen molar-refractivity contribution >= 4 is 121 Å². The van der Waals surface area contributed by atoms with Gasteiger partial charge in [0.15, 0.2) is 0 Å². The van der Waals surface area contributed by atoms with Crippen LogP contribution in [0.1, 0.15) is 0 Å². The van der Waals surface area contributed by atoms with Crippen molar-refractivity contribution < 1.29 is 0 Å². The molecule has 0 aliphatic carbocycles. The largest absolute Gasteiger partial charge is 0.310 e. The van der Waals surface area contributed by atoms with Crippen LogP contribution in [0.3, 0.4) is 0 Å². The smallest absolute Gasteiger partial charge is 0.0542 e. The topological polar surface area (TPSA) is 21.3 Å². The zero-order chi connectivity index (χ0) is 52.0. The first-order valence-corrected chi connectivity index (χ1v) is 27.1. The molecule has 0 radical (unpaired) electrons. The summed E-state index contributed by atoms with van der Waals surface area (Å²) in [6, 6.07) is 109. The Morgan fingerprint density at radius 1 is 0.190 bits per heavy atom. The lowest BCUT2D eigenvalue weighted by molar-refractivity contribution is 1.18. The van der Waals surface area contributed by atoms with Gasteiger partial charge in [0.1, 0.15) is 0 Å². The molecular weight excluding hydrogens is 959 g/mol. The summed E-state index contributed by atoms with van der Waals surface area (Å²) in [6.07, 6.45) is 0. The quantitative estimate of drug-likeness (QED) is 0.144. The van der Waals surface area contributed by atoms with Crippen LogP contribution >= 0.6 is 0 Å². The number of rotatable bonds is 9. The van der Waals surface area contributed by atoms with E-state index in [1.54, 1.807) is 0 Å². The van der Waals surface area contributed by atoms with E-state index in [9.17, 15) is 0 Å². The summed E-state index contributed by atoms with van der Waals surface area (Å²) in [4.78, 5) is 4.83. The number of aromatic nitrogens is 3. The molecule has 5 heteroatoms. The van der Waals surface area contributed by atoms with Gasteiger partial charge in [0.25, 0.3) is 0 Å². The molecule has 0 amide bonds. The van der Waals surface area contributed by atoms with Gasteiger partial charge in [-0.2, -0.15) is 0 Å². The third-order valence-corrected chi connectivity index (χ3v) is 16.1. The normalized spacial score (nSPS) is 11.8. The minimum absolute atomic E-state index is 1.07. The van der Waals surface area contributed by atoms with Gasteiger partial charge in [-0.3, -0.25) is 0 Å². The monoisotopic (exact) mass is 1010 g/mol. The molecule has 0 aliphatic heterocycles. The number of para-hydroxylation sites is 5. The molecule has 79 heavy (non-hydrogen) atoms. The molecule has 0 fully saturated rings. The lowest BCUT2D eigenvalue weighted by Crippen LogP contribution is -2.10.